The highest BCUT2D eigenvalue weighted by molar-refractivity contribution is 6.30. The molecular weight excluding hydrogens is 312 g/mol. The summed E-state index contributed by atoms with van der Waals surface area (Å²) in [5.74, 6) is 1.12. The molecule has 0 spiro atoms. The number of rotatable bonds is 4. The Morgan fingerprint density at radius 2 is 1.91 bits per heavy atom. The number of benzene rings is 2. The number of carbonyl (C=O) groups is 1. The van der Waals surface area contributed by atoms with E-state index in [9.17, 15) is 4.79 Å². The number of carbonyl (C=O) groups excluding carboxylic acids is 1. The first kappa shape index (κ1) is 15.3. The van der Waals surface area contributed by atoms with Gasteiger partial charge in [0.2, 0.25) is 0 Å². The molecule has 0 aliphatic carbocycles. The minimum atomic E-state index is -0.208. The quantitative estimate of drug-likeness (QED) is 0.875. The van der Waals surface area contributed by atoms with Gasteiger partial charge in [0.15, 0.2) is 0 Å². The molecule has 23 heavy (non-hydrogen) atoms. The van der Waals surface area contributed by atoms with E-state index >= 15 is 0 Å². The number of hydrogen-bond acceptors (Lipinski definition) is 3. The molecule has 0 radical (unpaired) electrons. The van der Waals surface area contributed by atoms with Crippen LogP contribution in [0.25, 0.3) is 6.08 Å². The summed E-state index contributed by atoms with van der Waals surface area (Å²) >= 11 is 5.87. The van der Waals surface area contributed by atoms with E-state index in [-0.39, 0.29) is 5.91 Å². The maximum Gasteiger partial charge on any atom is 0.275 e. The zero-order chi connectivity index (χ0) is 16.2. The fourth-order valence-electron chi connectivity index (χ4n) is 2.33. The van der Waals surface area contributed by atoms with Crippen molar-refractivity contribution in [3.8, 4) is 5.75 Å². The molecule has 0 saturated heterocycles. The Balaban J connectivity index is 1.83. The lowest BCUT2D eigenvalue weighted by molar-refractivity contribution is -0.115. The smallest absolute Gasteiger partial charge is 0.275 e. The first-order valence-electron chi connectivity index (χ1n) is 7.14. The lowest BCUT2D eigenvalue weighted by Crippen LogP contribution is -2.25. The second kappa shape index (κ2) is 6.67. The van der Waals surface area contributed by atoms with Crippen molar-refractivity contribution in [3.05, 3.63) is 70.4 Å². The van der Waals surface area contributed by atoms with Crippen LogP contribution in [0.1, 0.15) is 11.1 Å². The fraction of sp³-hybridized carbons (Fsp3) is 0.111. The van der Waals surface area contributed by atoms with E-state index in [1.807, 2.05) is 48.5 Å². The van der Waals surface area contributed by atoms with Gasteiger partial charge in [-0.15, -0.1) is 0 Å². The van der Waals surface area contributed by atoms with E-state index < -0.39 is 0 Å². The zero-order valence-electron chi connectivity index (χ0n) is 12.5. The number of nitrogens with zero attached hydrogens (tertiary/aromatic N) is 1. The van der Waals surface area contributed by atoms with Crippen molar-refractivity contribution in [2.24, 2.45) is 4.99 Å². The number of hydrogen-bond donors (Lipinski definition) is 1. The van der Waals surface area contributed by atoms with Crippen molar-refractivity contribution in [1.82, 2.24) is 5.32 Å². The van der Waals surface area contributed by atoms with Gasteiger partial charge in [0.1, 0.15) is 17.3 Å². The highest BCUT2D eigenvalue weighted by atomic mass is 35.5. The van der Waals surface area contributed by atoms with E-state index in [4.69, 9.17) is 16.3 Å². The standard InChI is InChI=1S/C18H15ClN2O2/c1-23-16-5-3-2-4-13(16)11-15-18(22)21-17(20-15)10-12-6-8-14(19)9-7-12/h2-9,11H,10H2,1H3,(H,20,21,22)/b15-11-. The van der Waals surface area contributed by atoms with E-state index in [0.717, 1.165) is 11.1 Å². The summed E-state index contributed by atoms with van der Waals surface area (Å²) in [6.07, 6.45) is 2.27. The summed E-state index contributed by atoms with van der Waals surface area (Å²) in [7, 11) is 1.60. The van der Waals surface area contributed by atoms with Crippen molar-refractivity contribution >= 4 is 29.4 Å². The van der Waals surface area contributed by atoms with Gasteiger partial charge in [-0.3, -0.25) is 4.79 Å². The average molecular weight is 327 g/mol. The molecule has 1 N–H and O–H groups in total. The van der Waals surface area contributed by atoms with Crippen molar-refractivity contribution in [2.75, 3.05) is 7.11 Å². The Morgan fingerprint density at radius 3 is 2.65 bits per heavy atom. The number of aliphatic imine (C=N–C) groups is 1. The van der Waals surface area contributed by atoms with Gasteiger partial charge in [-0.1, -0.05) is 41.9 Å². The molecule has 0 atom stereocenters. The maximum absolute atomic E-state index is 12.1. The van der Waals surface area contributed by atoms with Gasteiger partial charge >= 0.3 is 0 Å². The van der Waals surface area contributed by atoms with Crippen molar-refractivity contribution in [1.29, 1.82) is 0 Å². The fourth-order valence-corrected chi connectivity index (χ4v) is 2.46. The van der Waals surface area contributed by atoms with Crippen LogP contribution < -0.4 is 10.1 Å². The summed E-state index contributed by atoms with van der Waals surface area (Å²) in [5, 5.41) is 3.48. The molecule has 2 aromatic carbocycles. The van der Waals surface area contributed by atoms with Crippen LogP contribution in [0.4, 0.5) is 0 Å². The third-order valence-corrected chi connectivity index (χ3v) is 3.71. The normalized spacial score (nSPS) is 15.5. The molecule has 3 rings (SSSR count). The predicted octanol–water partition coefficient (Wildman–Crippen LogP) is 3.46. The Hall–Kier alpha value is -2.59. The molecule has 0 saturated carbocycles. The number of halogens is 1. The molecule has 4 nitrogen and oxygen atoms in total. The van der Waals surface area contributed by atoms with Crippen molar-refractivity contribution in [2.45, 2.75) is 6.42 Å². The lowest BCUT2D eigenvalue weighted by atomic mass is 10.1. The summed E-state index contributed by atoms with van der Waals surface area (Å²) in [6, 6.07) is 15.0. The molecule has 2 aromatic rings. The van der Waals surface area contributed by atoms with E-state index in [0.29, 0.717) is 28.7 Å². The number of amidine groups is 1. The van der Waals surface area contributed by atoms with Crippen LogP contribution in [0.15, 0.2) is 59.2 Å². The molecule has 116 valence electrons. The molecule has 1 aliphatic heterocycles. The van der Waals surface area contributed by atoms with Gasteiger partial charge in [-0.05, 0) is 29.8 Å². The number of methoxy groups -OCH3 is 1. The van der Waals surface area contributed by atoms with Gasteiger partial charge in [0, 0.05) is 17.0 Å². The topological polar surface area (TPSA) is 50.7 Å². The molecule has 1 amide bonds. The highest BCUT2D eigenvalue weighted by Gasteiger charge is 2.20. The van der Waals surface area contributed by atoms with Crippen molar-refractivity contribution in [3.63, 3.8) is 0 Å². The monoisotopic (exact) mass is 326 g/mol. The number of amides is 1. The number of ether oxygens (including phenoxy) is 1. The maximum atomic E-state index is 12.1. The summed E-state index contributed by atoms with van der Waals surface area (Å²) in [5.41, 5.74) is 2.22. The van der Waals surface area contributed by atoms with Crippen LogP contribution in [0.5, 0.6) is 5.75 Å². The minimum absolute atomic E-state index is 0.208. The summed E-state index contributed by atoms with van der Waals surface area (Å²) < 4.78 is 5.29. The summed E-state index contributed by atoms with van der Waals surface area (Å²) in [6.45, 7) is 0. The van der Waals surface area contributed by atoms with E-state index in [2.05, 4.69) is 10.3 Å². The Morgan fingerprint density at radius 1 is 1.17 bits per heavy atom. The highest BCUT2D eigenvalue weighted by Crippen LogP contribution is 2.22. The second-order valence-electron chi connectivity index (χ2n) is 5.09. The Labute approximate surface area is 139 Å². The SMILES string of the molecule is COc1ccccc1/C=C1\N=C(Cc2ccc(Cl)cc2)NC1=O. The molecule has 5 heteroatoms. The van der Waals surface area contributed by atoms with Crippen LogP contribution >= 0.6 is 11.6 Å². The van der Waals surface area contributed by atoms with E-state index in [1.54, 1.807) is 13.2 Å². The molecular formula is C18H15ClN2O2. The van der Waals surface area contributed by atoms with Crippen LogP contribution in [-0.2, 0) is 11.2 Å². The van der Waals surface area contributed by atoms with Crippen LogP contribution in [0, 0.1) is 0 Å². The van der Waals surface area contributed by atoms with Gasteiger partial charge in [0.05, 0.1) is 7.11 Å². The average Bonchev–Trinajstić information content (AvgIpc) is 2.90. The minimum Gasteiger partial charge on any atom is -0.496 e. The first-order chi connectivity index (χ1) is 11.2. The van der Waals surface area contributed by atoms with Crippen LogP contribution in [0.3, 0.4) is 0 Å². The van der Waals surface area contributed by atoms with Gasteiger partial charge in [-0.2, -0.15) is 0 Å². The zero-order valence-corrected chi connectivity index (χ0v) is 13.3. The van der Waals surface area contributed by atoms with Crippen LogP contribution in [0.2, 0.25) is 5.02 Å². The van der Waals surface area contributed by atoms with Crippen LogP contribution in [-0.4, -0.2) is 18.9 Å². The van der Waals surface area contributed by atoms with E-state index in [1.165, 1.54) is 0 Å². The number of para-hydroxylation sites is 1. The molecule has 0 bridgehead atoms. The Kier molecular flexibility index (Phi) is 4.44. The molecule has 1 aliphatic rings. The first-order valence-corrected chi connectivity index (χ1v) is 7.51. The van der Waals surface area contributed by atoms with Gasteiger partial charge in [0.25, 0.3) is 5.91 Å². The van der Waals surface area contributed by atoms with Gasteiger partial charge in [-0.25, -0.2) is 4.99 Å². The molecule has 0 aromatic heterocycles. The largest absolute Gasteiger partial charge is 0.496 e. The molecule has 1 heterocycles. The molecule has 0 fully saturated rings. The Bertz CT molecular complexity index is 795. The number of nitrogens with one attached hydrogen (secondary N) is 1. The lowest BCUT2D eigenvalue weighted by Gasteiger charge is -2.03. The predicted molar refractivity (Wildman–Crippen MR) is 91.7 cm³/mol. The van der Waals surface area contributed by atoms with Crippen molar-refractivity contribution < 1.29 is 9.53 Å². The second-order valence-corrected chi connectivity index (χ2v) is 5.52. The molecule has 0 unspecified atom stereocenters. The summed E-state index contributed by atoms with van der Waals surface area (Å²) in [4.78, 5) is 16.5. The third kappa shape index (κ3) is 3.60. The third-order valence-electron chi connectivity index (χ3n) is 3.46. The van der Waals surface area contributed by atoms with Gasteiger partial charge < -0.3 is 10.1 Å².